The van der Waals surface area contributed by atoms with Gasteiger partial charge in [0.1, 0.15) is 5.17 Å². The number of hydrogen-bond donors (Lipinski definition) is 0. The number of oxime groups is 1. The first-order valence-corrected chi connectivity index (χ1v) is 5.63. The van der Waals surface area contributed by atoms with E-state index in [1.165, 1.54) is 4.90 Å². The molecule has 0 unspecified atom stereocenters. The Balaban J connectivity index is 2.63. The van der Waals surface area contributed by atoms with E-state index in [0.29, 0.717) is 0 Å². The summed E-state index contributed by atoms with van der Waals surface area (Å²) in [4.78, 5) is 17.7. The Labute approximate surface area is 106 Å². The van der Waals surface area contributed by atoms with Crippen molar-refractivity contribution in [3.05, 3.63) is 30.3 Å². The minimum atomic E-state index is -0.574. The zero-order valence-corrected chi connectivity index (χ0v) is 10.8. The second-order valence-corrected chi connectivity index (χ2v) is 4.21. The Hall–Kier alpha value is -1.55. The summed E-state index contributed by atoms with van der Waals surface area (Å²) in [5, 5.41) is 3.82. The molecule has 4 nitrogen and oxygen atoms in total. The van der Waals surface area contributed by atoms with Crippen LogP contribution in [0, 0.1) is 5.92 Å². The van der Waals surface area contributed by atoms with Crippen LogP contribution in [0.5, 0.6) is 0 Å². The van der Waals surface area contributed by atoms with Crippen molar-refractivity contribution >= 4 is 28.6 Å². The van der Waals surface area contributed by atoms with Crippen LogP contribution in [0.15, 0.2) is 35.5 Å². The van der Waals surface area contributed by atoms with Gasteiger partial charge in [-0.25, -0.2) is 4.79 Å². The average Bonchev–Trinajstić information content (AvgIpc) is 2.35. The molecule has 0 bridgehead atoms. The van der Waals surface area contributed by atoms with Gasteiger partial charge >= 0.3 is 6.09 Å². The van der Waals surface area contributed by atoms with Gasteiger partial charge in [-0.05, 0) is 12.1 Å². The van der Waals surface area contributed by atoms with Crippen molar-refractivity contribution < 1.29 is 9.63 Å². The summed E-state index contributed by atoms with van der Waals surface area (Å²) >= 11 is 5.76. The highest BCUT2D eigenvalue weighted by Crippen LogP contribution is 2.12. The van der Waals surface area contributed by atoms with E-state index in [2.05, 4.69) is 5.16 Å². The van der Waals surface area contributed by atoms with Crippen LogP contribution in [-0.4, -0.2) is 18.3 Å². The summed E-state index contributed by atoms with van der Waals surface area (Å²) in [5.74, 6) is 0.0338. The molecule has 0 N–H and O–H groups in total. The first-order valence-electron chi connectivity index (χ1n) is 5.25. The van der Waals surface area contributed by atoms with Gasteiger partial charge in [-0.3, -0.25) is 9.74 Å². The molecule has 0 aromatic heterocycles. The lowest BCUT2D eigenvalue weighted by Crippen LogP contribution is -2.25. The number of carbonyl (C=O) groups excluding carboxylic acids is 1. The van der Waals surface area contributed by atoms with Crippen molar-refractivity contribution in [2.24, 2.45) is 11.1 Å². The number of anilines is 1. The van der Waals surface area contributed by atoms with E-state index >= 15 is 0 Å². The number of halogens is 1. The van der Waals surface area contributed by atoms with Crippen LogP contribution in [0.4, 0.5) is 10.5 Å². The third-order valence-corrected chi connectivity index (χ3v) is 2.61. The third-order valence-electron chi connectivity index (χ3n) is 2.10. The average molecular weight is 255 g/mol. The Kier molecular flexibility index (Phi) is 4.97. The molecule has 0 aliphatic heterocycles. The third kappa shape index (κ3) is 4.07. The number of carbonyl (C=O) groups is 1. The SMILES string of the molecule is CC(C)/C(Cl)=N/OC(=O)N(C)c1ccccc1. The quantitative estimate of drug-likeness (QED) is 0.471. The molecule has 1 rings (SSSR count). The Bertz CT molecular complexity index is 404. The normalized spacial score (nSPS) is 11.5. The molecule has 0 saturated carbocycles. The summed E-state index contributed by atoms with van der Waals surface area (Å²) in [5.41, 5.74) is 0.730. The maximum atomic E-state index is 11.6. The van der Waals surface area contributed by atoms with Gasteiger partial charge in [-0.2, -0.15) is 0 Å². The highest BCUT2D eigenvalue weighted by Gasteiger charge is 2.12. The highest BCUT2D eigenvalue weighted by molar-refractivity contribution is 6.65. The lowest BCUT2D eigenvalue weighted by Gasteiger charge is -2.14. The van der Waals surface area contributed by atoms with Crippen LogP contribution >= 0.6 is 11.6 Å². The number of amides is 1. The first kappa shape index (κ1) is 13.5. The molecule has 0 spiro atoms. The molecular formula is C12H15ClN2O2. The van der Waals surface area contributed by atoms with Gasteiger partial charge in [0, 0.05) is 18.7 Å². The van der Waals surface area contributed by atoms with E-state index in [9.17, 15) is 4.79 Å². The smallest absolute Gasteiger partial charge is 0.296 e. The molecule has 1 amide bonds. The van der Waals surface area contributed by atoms with E-state index in [0.717, 1.165) is 5.69 Å². The van der Waals surface area contributed by atoms with Gasteiger partial charge in [-0.1, -0.05) is 48.8 Å². The van der Waals surface area contributed by atoms with E-state index in [1.807, 2.05) is 32.0 Å². The van der Waals surface area contributed by atoms with Crippen molar-refractivity contribution in [3.8, 4) is 0 Å². The van der Waals surface area contributed by atoms with Crippen LogP contribution in [0.1, 0.15) is 13.8 Å². The minimum absolute atomic E-state index is 0.0338. The topological polar surface area (TPSA) is 41.9 Å². The lowest BCUT2D eigenvalue weighted by molar-refractivity contribution is 0.159. The molecule has 1 aromatic rings. The van der Waals surface area contributed by atoms with Crippen LogP contribution in [0.25, 0.3) is 0 Å². The van der Waals surface area contributed by atoms with E-state index in [1.54, 1.807) is 19.2 Å². The van der Waals surface area contributed by atoms with Gasteiger partial charge < -0.3 is 0 Å². The molecule has 1 aromatic carbocycles. The Morgan fingerprint density at radius 1 is 1.35 bits per heavy atom. The van der Waals surface area contributed by atoms with Crippen molar-refractivity contribution in [1.29, 1.82) is 0 Å². The summed E-state index contributed by atoms with van der Waals surface area (Å²) in [6, 6.07) is 9.15. The van der Waals surface area contributed by atoms with Crippen LogP contribution in [0.3, 0.4) is 0 Å². The second-order valence-electron chi connectivity index (χ2n) is 3.82. The zero-order chi connectivity index (χ0) is 12.8. The van der Waals surface area contributed by atoms with Crippen molar-refractivity contribution in [1.82, 2.24) is 0 Å². The molecule has 17 heavy (non-hydrogen) atoms. The maximum absolute atomic E-state index is 11.6. The fourth-order valence-electron chi connectivity index (χ4n) is 1.01. The monoisotopic (exact) mass is 254 g/mol. The van der Waals surface area contributed by atoms with Crippen LogP contribution < -0.4 is 4.90 Å². The van der Waals surface area contributed by atoms with Gasteiger partial charge in [0.2, 0.25) is 0 Å². The summed E-state index contributed by atoms with van der Waals surface area (Å²) in [7, 11) is 1.61. The van der Waals surface area contributed by atoms with Gasteiger partial charge in [0.25, 0.3) is 0 Å². The molecule has 0 atom stereocenters. The standard InChI is InChI=1S/C12H15ClN2O2/c1-9(2)11(13)14-17-12(16)15(3)10-7-5-4-6-8-10/h4-9H,1-3H3/b14-11-. The van der Waals surface area contributed by atoms with Gasteiger partial charge in [-0.15, -0.1) is 0 Å². The van der Waals surface area contributed by atoms with Gasteiger partial charge in [0.05, 0.1) is 0 Å². The molecule has 0 saturated heterocycles. The zero-order valence-electron chi connectivity index (χ0n) is 10.1. The Morgan fingerprint density at radius 3 is 2.47 bits per heavy atom. The molecule has 0 fully saturated rings. The summed E-state index contributed by atoms with van der Waals surface area (Å²) in [6.45, 7) is 3.72. The van der Waals surface area contributed by atoms with E-state index in [-0.39, 0.29) is 11.1 Å². The molecule has 0 radical (unpaired) electrons. The van der Waals surface area contributed by atoms with Crippen molar-refractivity contribution in [2.75, 3.05) is 11.9 Å². The molecule has 5 heteroatoms. The Morgan fingerprint density at radius 2 is 1.94 bits per heavy atom. The van der Waals surface area contributed by atoms with Gasteiger partial charge in [0.15, 0.2) is 0 Å². The van der Waals surface area contributed by atoms with E-state index in [4.69, 9.17) is 16.4 Å². The number of hydrogen-bond acceptors (Lipinski definition) is 3. The van der Waals surface area contributed by atoms with Crippen molar-refractivity contribution in [3.63, 3.8) is 0 Å². The first-order chi connectivity index (χ1) is 8.02. The molecule has 0 aliphatic rings. The van der Waals surface area contributed by atoms with Crippen molar-refractivity contribution in [2.45, 2.75) is 13.8 Å². The fourth-order valence-corrected chi connectivity index (χ4v) is 1.04. The summed E-state index contributed by atoms with van der Waals surface area (Å²) < 4.78 is 0. The fraction of sp³-hybridized carbons (Fsp3) is 0.333. The molecule has 0 heterocycles. The predicted molar refractivity (Wildman–Crippen MR) is 69.5 cm³/mol. The number of benzene rings is 1. The number of rotatable bonds is 3. The molecule has 0 aliphatic carbocycles. The largest absolute Gasteiger partial charge is 0.440 e. The second kappa shape index (κ2) is 6.25. The lowest BCUT2D eigenvalue weighted by atomic mass is 10.2. The highest BCUT2D eigenvalue weighted by atomic mass is 35.5. The maximum Gasteiger partial charge on any atom is 0.440 e. The number of para-hydroxylation sites is 1. The van der Waals surface area contributed by atoms with E-state index < -0.39 is 6.09 Å². The van der Waals surface area contributed by atoms with Crippen LogP contribution in [0.2, 0.25) is 0 Å². The molecule has 92 valence electrons. The van der Waals surface area contributed by atoms with Crippen LogP contribution in [-0.2, 0) is 4.84 Å². The minimum Gasteiger partial charge on any atom is -0.296 e. The molecular weight excluding hydrogens is 240 g/mol. The summed E-state index contributed by atoms with van der Waals surface area (Å²) in [6.07, 6.45) is -0.574. The predicted octanol–water partition coefficient (Wildman–Crippen LogP) is 3.47. The number of nitrogens with zero attached hydrogens (tertiary/aromatic N) is 2.